The molecule has 2 rings (SSSR count). The zero-order valence-electron chi connectivity index (χ0n) is 10.3. The molecule has 2 aromatic rings. The van der Waals surface area contributed by atoms with E-state index >= 15 is 0 Å². The maximum atomic E-state index is 12.4. The van der Waals surface area contributed by atoms with Crippen molar-refractivity contribution in [2.24, 2.45) is 0 Å². The fourth-order valence-corrected chi connectivity index (χ4v) is 1.67. The summed E-state index contributed by atoms with van der Waals surface area (Å²) < 4.78 is 37.2. The molecule has 1 aromatic heterocycles. The van der Waals surface area contributed by atoms with E-state index in [2.05, 4.69) is 10.3 Å². The minimum absolute atomic E-state index is 0.484. The van der Waals surface area contributed by atoms with Gasteiger partial charge >= 0.3 is 6.18 Å². The van der Waals surface area contributed by atoms with Crippen LogP contribution in [0.1, 0.15) is 16.8 Å². The van der Waals surface area contributed by atoms with Crippen molar-refractivity contribution in [3.05, 3.63) is 59.4 Å². The minimum atomic E-state index is -4.30. The van der Waals surface area contributed by atoms with Gasteiger partial charge in [-0.2, -0.15) is 13.2 Å². The van der Waals surface area contributed by atoms with Crippen LogP contribution in [0.15, 0.2) is 42.6 Å². The molecule has 1 N–H and O–H groups in total. The highest BCUT2D eigenvalue weighted by atomic mass is 19.4. The summed E-state index contributed by atoms with van der Waals surface area (Å²) >= 11 is 0. The smallest absolute Gasteiger partial charge is 0.379 e. The van der Waals surface area contributed by atoms with Gasteiger partial charge in [-0.3, -0.25) is 4.98 Å². The largest absolute Gasteiger partial charge is 0.416 e. The monoisotopic (exact) mass is 266 g/mol. The van der Waals surface area contributed by atoms with Crippen LogP contribution in [-0.4, -0.2) is 4.98 Å². The van der Waals surface area contributed by atoms with Crippen LogP contribution in [0.4, 0.5) is 18.9 Å². The van der Waals surface area contributed by atoms with Gasteiger partial charge in [-0.15, -0.1) is 0 Å². The van der Waals surface area contributed by atoms with Gasteiger partial charge in [-0.25, -0.2) is 0 Å². The molecule has 0 amide bonds. The Kier molecular flexibility index (Phi) is 3.74. The number of pyridine rings is 1. The SMILES string of the molecule is Cc1cccnc1CNc1ccc(C(F)(F)F)cc1. The van der Waals surface area contributed by atoms with Crippen molar-refractivity contribution in [1.29, 1.82) is 0 Å². The number of rotatable bonds is 3. The number of benzene rings is 1. The molecule has 0 saturated carbocycles. The number of alkyl halides is 3. The van der Waals surface area contributed by atoms with Gasteiger partial charge in [0.25, 0.3) is 0 Å². The summed E-state index contributed by atoms with van der Waals surface area (Å²) in [6.07, 6.45) is -2.60. The molecule has 0 saturated heterocycles. The minimum Gasteiger partial charge on any atom is -0.379 e. The fourth-order valence-electron chi connectivity index (χ4n) is 1.67. The van der Waals surface area contributed by atoms with E-state index in [4.69, 9.17) is 0 Å². The lowest BCUT2D eigenvalue weighted by molar-refractivity contribution is -0.137. The maximum Gasteiger partial charge on any atom is 0.416 e. The van der Waals surface area contributed by atoms with E-state index in [1.165, 1.54) is 12.1 Å². The first kappa shape index (κ1) is 13.4. The lowest BCUT2D eigenvalue weighted by atomic mass is 10.2. The van der Waals surface area contributed by atoms with Crippen LogP contribution < -0.4 is 5.32 Å². The summed E-state index contributed by atoms with van der Waals surface area (Å²) in [5.74, 6) is 0. The first-order chi connectivity index (χ1) is 8.97. The Labute approximate surface area is 109 Å². The molecule has 0 bridgehead atoms. The third-order valence-electron chi connectivity index (χ3n) is 2.79. The van der Waals surface area contributed by atoms with E-state index in [0.29, 0.717) is 12.2 Å². The number of aryl methyl sites for hydroxylation is 1. The number of hydrogen-bond acceptors (Lipinski definition) is 2. The number of halogens is 3. The number of hydrogen-bond donors (Lipinski definition) is 1. The molecule has 1 aromatic carbocycles. The van der Waals surface area contributed by atoms with Crippen molar-refractivity contribution < 1.29 is 13.2 Å². The second kappa shape index (κ2) is 5.30. The van der Waals surface area contributed by atoms with Crippen LogP contribution in [0.3, 0.4) is 0 Å². The number of anilines is 1. The second-order valence-corrected chi connectivity index (χ2v) is 4.20. The van der Waals surface area contributed by atoms with Gasteiger partial charge in [-0.1, -0.05) is 6.07 Å². The lowest BCUT2D eigenvalue weighted by Crippen LogP contribution is -2.06. The van der Waals surface area contributed by atoms with E-state index in [1.807, 2.05) is 19.1 Å². The van der Waals surface area contributed by atoms with Crippen LogP contribution in [0.5, 0.6) is 0 Å². The van der Waals surface area contributed by atoms with E-state index in [-0.39, 0.29) is 0 Å². The normalized spacial score (nSPS) is 11.4. The van der Waals surface area contributed by atoms with Crippen molar-refractivity contribution in [2.75, 3.05) is 5.32 Å². The number of aromatic nitrogens is 1. The summed E-state index contributed by atoms with van der Waals surface area (Å²) in [6.45, 7) is 2.43. The first-order valence-electron chi connectivity index (χ1n) is 5.78. The molecule has 1 heterocycles. The van der Waals surface area contributed by atoms with Crippen molar-refractivity contribution in [3.8, 4) is 0 Å². The van der Waals surface area contributed by atoms with Crippen LogP contribution >= 0.6 is 0 Å². The van der Waals surface area contributed by atoms with E-state index in [1.54, 1.807) is 6.20 Å². The first-order valence-corrected chi connectivity index (χ1v) is 5.78. The molecule has 2 nitrogen and oxygen atoms in total. The summed E-state index contributed by atoms with van der Waals surface area (Å²) in [4.78, 5) is 4.21. The van der Waals surface area contributed by atoms with Crippen LogP contribution in [-0.2, 0) is 12.7 Å². The molecule has 0 atom stereocenters. The van der Waals surface area contributed by atoms with Crippen molar-refractivity contribution >= 4 is 5.69 Å². The van der Waals surface area contributed by atoms with Gasteiger partial charge in [0.1, 0.15) is 0 Å². The molecule has 0 spiro atoms. The molecule has 0 unspecified atom stereocenters. The van der Waals surface area contributed by atoms with E-state index < -0.39 is 11.7 Å². The Morgan fingerprint density at radius 2 is 1.79 bits per heavy atom. The molecule has 0 aliphatic carbocycles. The van der Waals surface area contributed by atoms with Crippen LogP contribution in [0.25, 0.3) is 0 Å². The third kappa shape index (κ3) is 3.47. The summed E-state index contributed by atoms with van der Waals surface area (Å²) in [7, 11) is 0. The Hall–Kier alpha value is -2.04. The summed E-state index contributed by atoms with van der Waals surface area (Å²) in [6, 6.07) is 8.75. The topological polar surface area (TPSA) is 24.9 Å². The predicted molar refractivity (Wildman–Crippen MR) is 67.7 cm³/mol. The fraction of sp³-hybridized carbons (Fsp3) is 0.214. The van der Waals surface area contributed by atoms with Gasteiger partial charge in [0, 0.05) is 11.9 Å². The quantitative estimate of drug-likeness (QED) is 0.907. The molecular weight excluding hydrogens is 253 g/mol. The highest BCUT2D eigenvalue weighted by molar-refractivity contribution is 5.45. The van der Waals surface area contributed by atoms with Gasteiger partial charge in [-0.05, 0) is 42.8 Å². The number of nitrogens with zero attached hydrogens (tertiary/aromatic N) is 1. The van der Waals surface area contributed by atoms with Gasteiger partial charge in [0.2, 0.25) is 0 Å². The molecule has 0 fully saturated rings. The molecule has 19 heavy (non-hydrogen) atoms. The average molecular weight is 266 g/mol. The standard InChI is InChI=1S/C14H13F3N2/c1-10-3-2-8-18-13(10)9-19-12-6-4-11(5-7-12)14(15,16)17/h2-8,19H,9H2,1H3. The lowest BCUT2D eigenvalue weighted by Gasteiger charge is -2.10. The Morgan fingerprint density at radius 1 is 1.11 bits per heavy atom. The number of nitrogens with one attached hydrogen (secondary N) is 1. The Morgan fingerprint density at radius 3 is 2.37 bits per heavy atom. The summed E-state index contributed by atoms with van der Waals surface area (Å²) in [5, 5.41) is 3.05. The van der Waals surface area contributed by atoms with Gasteiger partial charge in [0.15, 0.2) is 0 Å². The highest BCUT2D eigenvalue weighted by Gasteiger charge is 2.29. The zero-order chi connectivity index (χ0) is 13.9. The molecule has 100 valence electrons. The highest BCUT2D eigenvalue weighted by Crippen LogP contribution is 2.29. The van der Waals surface area contributed by atoms with E-state index in [0.717, 1.165) is 23.4 Å². The molecule has 0 radical (unpaired) electrons. The molecule has 5 heteroatoms. The molecule has 0 aliphatic rings. The predicted octanol–water partition coefficient (Wildman–Crippen LogP) is 4.02. The third-order valence-corrected chi connectivity index (χ3v) is 2.79. The van der Waals surface area contributed by atoms with Crippen molar-refractivity contribution in [2.45, 2.75) is 19.6 Å². The van der Waals surface area contributed by atoms with E-state index in [9.17, 15) is 13.2 Å². The Bertz CT molecular complexity index is 547. The van der Waals surface area contributed by atoms with Gasteiger partial charge < -0.3 is 5.32 Å². The molecular formula is C14H13F3N2. The van der Waals surface area contributed by atoms with Crippen LogP contribution in [0.2, 0.25) is 0 Å². The van der Waals surface area contributed by atoms with Crippen molar-refractivity contribution in [1.82, 2.24) is 4.98 Å². The van der Waals surface area contributed by atoms with Crippen LogP contribution in [0, 0.1) is 6.92 Å². The van der Waals surface area contributed by atoms with Crippen molar-refractivity contribution in [3.63, 3.8) is 0 Å². The summed E-state index contributed by atoms with van der Waals surface area (Å²) in [5.41, 5.74) is 1.91. The Balaban J connectivity index is 2.03. The second-order valence-electron chi connectivity index (χ2n) is 4.20. The zero-order valence-corrected chi connectivity index (χ0v) is 10.3. The molecule has 0 aliphatic heterocycles. The average Bonchev–Trinajstić information content (AvgIpc) is 2.37. The van der Waals surface area contributed by atoms with Gasteiger partial charge in [0.05, 0.1) is 17.8 Å². The maximum absolute atomic E-state index is 12.4.